The van der Waals surface area contributed by atoms with E-state index in [1.54, 1.807) is 43.4 Å². The van der Waals surface area contributed by atoms with Gasteiger partial charge in [0.2, 0.25) is 15.9 Å². The van der Waals surface area contributed by atoms with E-state index < -0.39 is 21.7 Å². The highest BCUT2D eigenvalue weighted by Gasteiger charge is 2.28. The maximum absolute atomic E-state index is 13.4. The molecule has 0 bridgehead atoms. The summed E-state index contributed by atoms with van der Waals surface area (Å²) in [6.07, 6.45) is 0. The van der Waals surface area contributed by atoms with Gasteiger partial charge in [0.1, 0.15) is 11.6 Å². The minimum atomic E-state index is -3.98. The first kappa shape index (κ1) is 23.4. The fraction of sp³-hybridized carbons (Fsp3) is 0.208. The lowest BCUT2D eigenvalue weighted by Crippen LogP contribution is -2.41. The zero-order chi connectivity index (χ0) is 23.3. The summed E-state index contributed by atoms with van der Waals surface area (Å²) in [5, 5.41) is 0. The zero-order valence-corrected chi connectivity index (χ0v) is 19.0. The van der Waals surface area contributed by atoms with E-state index in [2.05, 4.69) is 0 Å². The van der Waals surface area contributed by atoms with Crippen LogP contribution in [0.2, 0.25) is 0 Å². The van der Waals surface area contributed by atoms with Gasteiger partial charge in [0, 0.05) is 25.3 Å². The van der Waals surface area contributed by atoms with E-state index >= 15 is 0 Å². The van der Waals surface area contributed by atoms with Gasteiger partial charge in [-0.2, -0.15) is 4.31 Å². The number of anilines is 1. The summed E-state index contributed by atoms with van der Waals surface area (Å²) in [7, 11) is -0.880. The summed E-state index contributed by atoms with van der Waals surface area (Å²) in [5.74, 6) is -0.260. The van der Waals surface area contributed by atoms with E-state index in [4.69, 9.17) is 4.74 Å². The van der Waals surface area contributed by atoms with Gasteiger partial charge in [-0.25, -0.2) is 12.8 Å². The Morgan fingerprint density at radius 2 is 1.66 bits per heavy atom. The third-order valence-electron chi connectivity index (χ3n) is 5.06. The van der Waals surface area contributed by atoms with Crippen molar-refractivity contribution in [1.82, 2.24) is 4.31 Å². The van der Waals surface area contributed by atoms with Gasteiger partial charge >= 0.3 is 0 Å². The summed E-state index contributed by atoms with van der Waals surface area (Å²) in [6.45, 7) is 1.40. The lowest BCUT2D eigenvalue weighted by Gasteiger charge is -2.25. The Bertz CT molecular complexity index is 1180. The van der Waals surface area contributed by atoms with Gasteiger partial charge in [0.15, 0.2) is 0 Å². The van der Waals surface area contributed by atoms with Gasteiger partial charge in [-0.3, -0.25) is 4.79 Å². The lowest BCUT2D eigenvalue weighted by atomic mass is 10.2. The summed E-state index contributed by atoms with van der Waals surface area (Å²) in [5.41, 5.74) is 2.06. The molecule has 0 aromatic heterocycles. The average molecular weight is 457 g/mol. The number of nitrogens with zero attached hydrogens (tertiary/aromatic N) is 2. The summed E-state index contributed by atoms with van der Waals surface area (Å²) in [4.78, 5) is 14.5. The molecule has 0 fully saturated rings. The molecule has 168 valence electrons. The first-order valence-corrected chi connectivity index (χ1v) is 11.4. The Labute approximate surface area is 187 Å². The number of likely N-dealkylation sites (N-methyl/N-ethyl adjacent to an activating group) is 1. The van der Waals surface area contributed by atoms with Crippen LogP contribution in [0, 0.1) is 12.7 Å². The summed E-state index contributed by atoms with van der Waals surface area (Å²) in [6, 6.07) is 18.9. The molecule has 1 amide bonds. The Hall–Kier alpha value is -3.23. The average Bonchev–Trinajstić information content (AvgIpc) is 2.79. The van der Waals surface area contributed by atoms with Crippen LogP contribution in [-0.4, -0.2) is 39.3 Å². The molecular formula is C24H25FN2O4S. The van der Waals surface area contributed by atoms with Gasteiger partial charge < -0.3 is 9.64 Å². The minimum absolute atomic E-state index is 0.0752. The van der Waals surface area contributed by atoms with Crippen LogP contribution in [0.5, 0.6) is 5.75 Å². The van der Waals surface area contributed by atoms with Crippen LogP contribution < -0.4 is 9.64 Å². The number of benzene rings is 3. The van der Waals surface area contributed by atoms with Gasteiger partial charge in [-0.05, 0) is 48.9 Å². The highest BCUT2D eigenvalue weighted by atomic mass is 32.2. The predicted molar refractivity (Wildman–Crippen MR) is 122 cm³/mol. The van der Waals surface area contributed by atoms with Crippen molar-refractivity contribution in [3.63, 3.8) is 0 Å². The van der Waals surface area contributed by atoms with Crippen LogP contribution in [0.1, 0.15) is 11.1 Å². The molecule has 0 saturated heterocycles. The number of halogens is 1. The first-order valence-electron chi connectivity index (χ1n) is 9.92. The Kier molecular flexibility index (Phi) is 7.27. The normalized spacial score (nSPS) is 11.4. The fourth-order valence-corrected chi connectivity index (χ4v) is 4.48. The second-order valence-electron chi connectivity index (χ2n) is 7.37. The molecule has 8 heteroatoms. The van der Waals surface area contributed by atoms with Gasteiger partial charge in [-0.15, -0.1) is 0 Å². The number of methoxy groups -OCH3 is 1. The predicted octanol–water partition coefficient (Wildman–Crippen LogP) is 4.00. The molecule has 0 atom stereocenters. The number of aryl methyl sites for hydroxylation is 1. The molecule has 0 aliphatic heterocycles. The van der Waals surface area contributed by atoms with Gasteiger partial charge in [0.25, 0.3) is 0 Å². The van der Waals surface area contributed by atoms with Crippen molar-refractivity contribution >= 4 is 21.6 Å². The van der Waals surface area contributed by atoms with E-state index in [0.717, 1.165) is 9.87 Å². The molecule has 6 nitrogen and oxygen atoms in total. The summed E-state index contributed by atoms with van der Waals surface area (Å²) < 4.78 is 46.4. The van der Waals surface area contributed by atoms with Crippen LogP contribution in [0.25, 0.3) is 0 Å². The van der Waals surface area contributed by atoms with Crippen molar-refractivity contribution in [3.8, 4) is 5.75 Å². The van der Waals surface area contributed by atoms with Gasteiger partial charge in [-0.1, -0.05) is 35.9 Å². The van der Waals surface area contributed by atoms with Crippen LogP contribution >= 0.6 is 0 Å². The number of carbonyl (C=O) groups excluding carboxylic acids is 1. The molecule has 3 rings (SSSR count). The Morgan fingerprint density at radius 3 is 2.28 bits per heavy atom. The third kappa shape index (κ3) is 5.52. The van der Waals surface area contributed by atoms with E-state index in [1.807, 2.05) is 6.92 Å². The largest absolute Gasteiger partial charge is 0.497 e. The fourth-order valence-electron chi connectivity index (χ4n) is 3.10. The number of amides is 1. The van der Waals surface area contributed by atoms with Crippen molar-refractivity contribution in [1.29, 1.82) is 0 Å². The van der Waals surface area contributed by atoms with Crippen molar-refractivity contribution in [2.45, 2.75) is 18.4 Å². The Morgan fingerprint density at radius 1 is 1.00 bits per heavy atom. The third-order valence-corrected chi connectivity index (χ3v) is 6.86. The quantitative estimate of drug-likeness (QED) is 0.514. The van der Waals surface area contributed by atoms with Crippen LogP contribution in [0.15, 0.2) is 77.7 Å². The van der Waals surface area contributed by atoms with Crippen molar-refractivity contribution in [2.75, 3.05) is 25.6 Å². The molecule has 0 radical (unpaired) electrons. The second kappa shape index (κ2) is 9.93. The van der Waals surface area contributed by atoms with Crippen LogP contribution in [0.4, 0.5) is 10.1 Å². The standard InChI is InChI=1S/C24H25FN2O4S/c1-18-7-13-23(14-8-18)32(29,30)27(16-19-9-11-20(25)12-10-19)17-24(28)26(2)21-5-4-6-22(15-21)31-3/h4-15H,16-17H2,1-3H3. The number of carbonyl (C=O) groups is 1. The minimum Gasteiger partial charge on any atom is -0.497 e. The molecule has 0 aliphatic carbocycles. The molecule has 0 unspecified atom stereocenters. The van der Waals surface area contributed by atoms with Crippen LogP contribution in [0.3, 0.4) is 0 Å². The van der Waals surface area contributed by atoms with Crippen LogP contribution in [-0.2, 0) is 21.4 Å². The molecule has 3 aromatic carbocycles. The van der Waals surface area contributed by atoms with Gasteiger partial charge in [0.05, 0.1) is 18.6 Å². The van der Waals surface area contributed by atoms with E-state index in [-0.39, 0.29) is 18.0 Å². The number of sulfonamides is 1. The van der Waals surface area contributed by atoms with Crippen molar-refractivity contribution < 1.29 is 22.3 Å². The maximum atomic E-state index is 13.4. The van der Waals surface area contributed by atoms with E-state index in [1.165, 1.54) is 48.4 Å². The van der Waals surface area contributed by atoms with E-state index in [9.17, 15) is 17.6 Å². The second-order valence-corrected chi connectivity index (χ2v) is 9.30. The SMILES string of the molecule is COc1cccc(N(C)C(=O)CN(Cc2ccc(F)cc2)S(=O)(=O)c2ccc(C)cc2)c1. The first-order chi connectivity index (χ1) is 15.2. The molecular weight excluding hydrogens is 431 g/mol. The monoisotopic (exact) mass is 456 g/mol. The molecule has 0 saturated carbocycles. The maximum Gasteiger partial charge on any atom is 0.243 e. The number of ether oxygens (including phenoxy) is 1. The van der Waals surface area contributed by atoms with Crippen molar-refractivity contribution in [2.24, 2.45) is 0 Å². The topological polar surface area (TPSA) is 66.9 Å². The highest BCUT2D eigenvalue weighted by Crippen LogP contribution is 2.23. The number of rotatable bonds is 8. The molecule has 0 heterocycles. The molecule has 0 aliphatic rings. The Balaban J connectivity index is 1.91. The number of hydrogen-bond acceptors (Lipinski definition) is 4. The number of hydrogen-bond donors (Lipinski definition) is 0. The molecule has 0 N–H and O–H groups in total. The molecule has 3 aromatic rings. The smallest absolute Gasteiger partial charge is 0.243 e. The molecule has 0 spiro atoms. The summed E-state index contributed by atoms with van der Waals surface area (Å²) >= 11 is 0. The lowest BCUT2D eigenvalue weighted by molar-refractivity contribution is -0.118. The molecule has 32 heavy (non-hydrogen) atoms. The zero-order valence-electron chi connectivity index (χ0n) is 18.2. The van der Waals surface area contributed by atoms with E-state index in [0.29, 0.717) is 17.0 Å². The van der Waals surface area contributed by atoms with Crippen molar-refractivity contribution in [3.05, 3.63) is 89.7 Å². The highest BCUT2D eigenvalue weighted by molar-refractivity contribution is 7.89.